The Hall–Kier alpha value is -3.27. The van der Waals surface area contributed by atoms with E-state index in [2.05, 4.69) is 6.58 Å². The minimum absolute atomic E-state index is 0.360. The van der Waals surface area contributed by atoms with Gasteiger partial charge in [-0.2, -0.15) is 0 Å². The van der Waals surface area contributed by atoms with Gasteiger partial charge in [-0.25, -0.2) is 4.79 Å². The molecule has 0 atom stereocenters. The SMILES string of the molecule is C=CCCCN(C(=O)OC(C)(C)C)c1cc(OCc2ccccc2)c2ccccc2c1. The monoisotopic (exact) mass is 417 g/mol. The molecular weight excluding hydrogens is 386 g/mol. The van der Waals surface area contributed by atoms with Crippen LogP contribution in [0.4, 0.5) is 10.5 Å². The first-order chi connectivity index (χ1) is 14.9. The molecule has 0 saturated carbocycles. The fourth-order valence-electron chi connectivity index (χ4n) is 3.31. The minimum atomic E-state index is -0.572. The van der Waals surface area contributed by atoms with Gasteiger partial charge in [0.2, 0.25) is 0 Å². The van der Waals surface area contributed by atoms with Crippen molar-refractivity contribution in [2.24, 2.45) is 0 Å². The van der Waals surface area contributed by atoms with Gasteiger partial charge in [-0.1, -0.05) is 60.7 Å². The molecule has 0 unspecified atom stereocenters. The molecule has 4 heteroatoms. The van der Waals surface area contributed by atoms with Gasteiger partial charge in [0.05, 0.1) is 5.69 Å². The molecule has 162 valence electrons. The molecule has 0 bridgehead atoms. The smallest absolute Gasteiger partial charge is 0.414 e. The molecular formula is C27H31NO3. The summed E-state index contributed by atoms with van der Waals surface area (Å²) in [4.78, 5) is 14.7. The largest absolute Gasteiger partial charge is 0.488 e. The molecule has 0 aliphatic heterocycles. The van der Waals surface area contributed by atoms with E-state index in [4.69, 9.17) is 9.47 Å². The van der Waals surface area contributed by atoms with E-state index in [1.807, 2.05) is 93.6 Å². The summed E-state index contributed by atoms with van der Waals surface area (Å²) in [6.07, 6.45) is 3.13. The van der Waals surface area contributed by atoms with Crippen molar-refractivity contribution >= 4 is 22.6 Å². The topological polar surface area (TPSA) is 38.8 Å². The van der Waals surface area contributed by atoms with Crippen LogP contribution in [-0.4, -0.2) is 18.2 Å². The number of rotatable bonds is 8. The van der Waals surface area contributed by atoms with Crippen molar-refractivity contribution < 1.29 is 14.3 Å². The maximum Gasteiger partial charge on any atom is 0.414 e. The van der Waals surface area contributed by atoms with E-state index in [9.17, 15) is 4.79 Å². The van der Waals surface area contributed by atoms with E-state index >= 15 is 0 Å². The number of unbranched alkanes of at least 4 members (excludes halogenated alkanes) is 1. The molecule has 3 rings (SSSR count). The fourth-order valence-corrected chi connectivity index (χ4v) is 3.31. The summed E-state index contributed by atoms with van der Waals surface area (Å²) >= 11 is 0. The molecule has 0 saturated heterocycles. The normalized spacial score (nSPS) is 11.2. The van der Waals surface area contributed by atoms with Crippen molar-refractivity contribution in [3.63, 3.8) is 0 Å². The lowest BCUT2D eigenvalue weighted by Crippen LogP contribution is -2.37. The zero-order valence-corrected chi connectivity index (χ0v) is 18.6. The molecule has 0 radical (unpaired) electrons. The maximum absolute atomic E-state index is 13.0. The molecule has 1 amide bonds. The van der Waals surface area contributed by atoms with E-state index in [-0.39, 0.29) is 6.09 Å². The number of amides is 1. The molecule has 0 aliphatic rings. The van der Waals surface area contributed by atoms with Gasteiger partial charge in [-0.3, -0.25) is 4.90 Å². The van der Waals surface area contributed by atoms with Gasteiger partial charge in [-0.15, -0.1) is 6.58 Å². The first-order valence-corrected chi connectivity index (χ1v) is 10.7. The van der Waals surface area contributed by atoms with E-state index in [1.165, 1.54) is 0 Å². The standard InChI is InChI=1S/C27H31NO3/c1-5-6-12-17-28(26(29)31-27(2,3)4)23-18-22-15-10-11-16-24(22)25(19-23)30-20-21-13-8-7-9-14-21/h5,7-11,13-16,18-19H,1,6,12,17,20H2,2-4H3. The van der Waals surface area contributed by atoms with Gasteiger partial charge >= 0.3 is 6.09 Å². The molecule has 0 fully saturated rings. The Labute approximate surface area is 185 Å². The summed E-state index contributed by atoms with van der Waals surface area (Å²) in [7, 11) is 0. The minimum Gasteiger partial charge on any atom is -0.488 e. The van der Waals surface area contributed by atoms with Crippen molar-refractivity contribution in [3.05, 3.63) is 84.9 Å². The highest BCUT2D eigenvalue weighted by atomic mass is 16.6. The number of nitrogens with zero attached hydrogens (tertiary/aromatic N) is 1. The second-order valence-electron chi connectivity index (χ2n) is 8.50. The van der Waals surface area contributed by atoms with Crippen LogP contribution in [0.15, 0.2) is 79.4 Å². The Morgan fingerprint density at radius 1 is 1.03 bits per heavy atom. The summed E-state index contributed by atoms with van der Waals surface area (Å²) in [5, 5.41) is 2.03. The number of benzene rings is 3. The van der Waals surface area contributed by atoms with Crippen molar-refractivity contribution in [1.29, 1.82) is 0 Å². The summed E-state index contributed by atoms with van der Waals surface area (Å²) in [6, 6.07) is 22.1. The number of carbonyl (C=O) groups excluding carboxylic acids is 1. The summed E-state index contributed by atoms with van der Waals surface area (Å²) in [6.45, 7) is 10.4. The number of anilines is 1. The first kappa shape index (κ1) is 22.4. The van der Waals surface area contributed by atoms with E-state index in [0.29, 0.717) is 13.2 Å². The Bertz CT molecular complexity index is 1020. The Balaban J connectivity index is 1.96. The Morgan fingerprint density at radius 2 is 1.74 bits per heavy atom. The van der Waals surface area contributed by atoms with E-state index < -0.39 is 5.60 Å². The highest BCUT2D eigenvalue weighted by molar-refractivity contribution is 5.96. The van der Waals surface area contributed by atoms with Crippen molar-refractivity contribution in [2.45, 2.75) is 45.8 Å². The van der Waals surface area contributed by atoms with Crippen molar-refractivity contribution in [1.82, 2.24) is 0 Å². The van der Waals surface area contributed by atoms with Gasteiger partial charge in [-0.05, 0) is 50.6 Å². The number of fused-ring (bicyclic) bond motifs is 1. The number of carbonyl (C=O) groups is 1. The second-order valence-corrected chi connectivity index (χ2v) is 8.50. The highest BCUT2D eigenvalue weighted by Crippen LogP contribution is 2.33. The fraction of sp³-hybridized carbons (Fsp3) is 0.296. The van der Waals surface area contributed by atoms with Crippen LogP contribution in [0.1, 0.15) is 39.2 Å². The van der Waals surface area contributed by atoms with Crippen LogP contribution >= 0.6 is 0 Å². The quantitative estimate of drug-likeness (QED) is 0.289. The number of hydrogen-bond acceptors (Lipinski definition) is 3. The molecule has 3 aromatic rings. The molecule has 31 heavy (non-hydrogen) atoms. The number of allylic oxidation sites excluding steroid dienone is 1. The lowest BCUT2D eigenvalue weighted by molar-refractivity contribution is 0.0580. The lowest BCUT2D eigenvalue weighted by atomic mass is 10.1. The van der Waals surface area contributed by atoms with Crippen molar-refractivity contribution in [2.75, 3.05) is 11.4 Å². The number of hydrogen-bond donors (Lipinski definition) is 0. The van der Waals surface area contributed by atoms with Gasteiger partial charge in [0.25, 0.3) is 0 Å². The summed E-state index contributed by atoms with van der Waals surface area (Å²) < 4.78 is 11.9. The molecule has 0 aromatic heterocycles. The summed E-state index contributed by atoms with van der Waals surface area (Å²) in [5.74, 6) is 0.745. The van der Waals surface area contributed by atoms with Crippen LogP contribution in [0.2, 0.25) is 0 Å². The first-order valence-electron chi connectivity index (χ1n) is 10.7. The zero-order valence-electron chi connectivity index (χ0n) is 18.6. The third-order valence-corrected chi connectivity index (χ3v) is 4.76. The molecule has 0 heterocycles. The van der Waals surface area contributed by atoms with Gasteiger partial charge in [0.15, 0.2) is 0 Å². The average Bonchev–Trinajstić information content (AvgIpc) is 2.74. The third kappa shape index (κ3) is 6.35. The van der Waals surface area contributed by atoms with Gasteiger partial charge in [0, 0.05) is 18.0 Å². The molecule has 4 nitrogen and oxygen atoms in total. The highest BCUT2D eigenvalue weighted by Gasteiger charge is 2.24. The van der Waals surface area contributed by atoms with Crippen LogP contribution in [-0.2, 0) is 11.3 Å². The van der Waals surface area contributed by atoms with Gasteiger partial charge < -0.3 is 9.47 Å². The average molecular weight is 418 g/mol. The Kier molecular flexibility index (Phi) is 7.35. The van der Waals surface area contributed by atoms with Crippen LogP contribution in [0, 0.1) is 0 Å². The Morgan fingerprint density at radius 3 is 2.45 bits per heavy atom. The third-order valence-electron chi connectivity index (χ3n) is 4.76. The number of ether oxygens (including phenoxy) is 2. The van der Waals surface area contributed by atoms with Crippen LogP contribution < -0.4 is 9.64 Å². The zero-order chi connectivity index (χ0) is 22.3. The molecule has 0 spiro atoms. The predicted molar refractivity (Wildman–Crippen MR) is 128 cm³/mol. The second kappa shape index (κ2) is 10.2. The van der Waals surface area contributed by atoms with Crippen LogP contribution in [0.5, 0.6) is 5.75 Å². The van der Waals surface area contributed by atoms with E-state index in [1.54, 1.807) is 4.90 Å². The summed E-state index contributed by atoms with van der Waals surface area (Å²) in [5.41, 5.74) is 1.28. The molecule has 0 N–H and O–H groups in total. The maximum atomic E-state index is 13.0. The molecule has 3 aromatic carbocycles. The van der Waals surface area contributed by atoms with Crippen LogP contribution in [0.3, 0.4) is 0 Å². The van der Waals surface area contributed by atoms with Crippen molar-refractivity contribution in [3.8, 4) is 5.75 Å². The van der Waals surface area contributed by atoms with Gasteiger partial charge in [0.1, 0.15) is 18.0 Å². The predicted octanol–water partition coefficient (Wildman–Crippen LogP) is 7.13. The van der Waals surface area contributed by atoms with Crippen LogP contribution in [0.25, 0.3) is 10.8 Å². The lowest BCUT2D eigenvalue weighted by Gasteiger charge is -2.28. The molecule has 0 aliphatic carbocycles. The van der Waals surface area contributed by atoms with E-state index in [0.717, 1.165) is 40.6 Å².